The SMILES string of the molecule is CP(C)(=O)c1ccccc1N1CC(CS(N)(=O)=O)CC1=O. The van der Waals surface area contributed by atoms with E-state index in [4.69, 9.17) is 5.14 Å². The molecule has 6 nitrogen and oxygen atoms in total. The number of hydrogen-bond donors (Lipinski definition) is 1. The maximum Gasteiger partial charge on any atom is 0.227 e. The molecular formula is C13H19N2O4PS. The number of hydrogen-bond acceptors (Lipinski definition) is 4. The van der Waals surface area contributed by atoms with Gasteiger partial charge in [0.05, 0.1) is 11.4 Å². The molecule has 0 spiro atoms. The summed E-state index contributed by atoms with van der Waals surface area (Å²) in [7, 11) is -6.14. The maximum atomic E-state index is 12.4. The Morgan fingerprint density at radius 1 is 1.33 bits per heavy atom. The zero-order chi connectivity index (χ0) is 15.8. The first kappa shape index (κ1) is 16.2. The third-order valence-corrected chi connectivity index (χ3v) is 5.90. The second-order valence-electron chi connectivity index (χ2n) is 5.74. The van der Waals surface area contributed by atoms with Gasteiger partial charge in [0.15, 0.2) is 0 Å². The van der Waals surface area contributed by atoms with Crippen LogP contribution in [0.1, 0.15) is 6.42 Å². The van der Waals surface area contributed by atoms with Gasteiger partial charge < -0.3 is 9.46 Å². The van der Waals surface area contributed by atoms with Gasteiger partial charge in [-0.2, -0.15) is 0 Å². The van der Waals surface area contributed by atoms with Crippen molar-refractivity contribution in [3.63, 3.8) is 0 Å². The molecule has 1 saturated heterocycles. The number of amides is 1. The van der Waals surface area contributed by atoms with Crippen molar-refractivity contribution in [3.05, 3.63) is 24.3 Å². The molecule has 1 heterocycles. The number of nitrogens with two attached hydrogens (primary N) is 1. The largest absolute Gasteiger partial charge is 0.319 e. The fourth-order valence-corrected chi connectivity index (χ4v) is 4.67. The normalized spacial score (nSPS) is 20.0. The molecule has 1 aromatic rings. The predicted octanol–water partition coefficient (Wildman–Crippen LogP) is 0.576. The Balaban J connectivity index is 2.32. The van der Waals surface area contributed by atoms with Crippen molar-refractivity contribution < 1.29 is 17.8 Å². The van der Waals surface area contributed by atoms with Gasteiger partial charge in [-0.25, -0.2) is 13.6 Å². The van der Waals surface area contributed by atoms with E-state index >= 15 is 0 Å². The predicted molar refractivity (Wildman–Crippen MR) is 84.0 cm³/mol. The van der Waals surface area contributed by atoms with Crippen LogP contribution in [0.5, 0.6) is 0 Å². The summed E-state index contributed by atoms with van der Waals surface area (Å²) in [5.41, 5.74) is 0.604. The minimum atomic E-state index is -3.61. The minimum Gasteiger partial charge on any atom is -0.319 e. The van der Waals surface area contributed by atoms with Crippen LogP contribution >= 0.6 is 7.14 Å². The van der Waals surface area contributed by atoms with Gasteiger partial charge in [-0.1, -0.05) is 12.1 Å². The van der Waals surface area contributed by atoms with Crippen LogP contribution in [-0.4, -0.2) is 40.0 Å². The molecule has 1 aromatic carbocycles. The van der Waals surface area contributed by atoms with E-state index in [2.05, 4.69) is 0 Å². The average molecular weight is 330 g/mol. The summed E-state index contributed by atoms with van der Waals surface area (Å²) in [6.07, 6.45) is 0.141. The molecule has 21 heavy (non-hydrogen) atoms. The Morgan fingerprint density at radius 3 is 2.52 bits per heavy atom. The number of nitrogens with zero attached hydrogens (tertiary/aromatic N) is 1. The van der Waals surface area contributed by atoms with Crippen molar-refractivity contribution in [1.29, 1.82) is 0 Å². The summed E-state index contributed by atoms with van der Waals surface area (Å²) in [5, 5.41) is 5.68. The number of para-hydroxylation sites is 1. The molecule has 1 atom stereocenters. The Morgan fingerprint density at radius 2 is 1.95 bits per heavy atom. The highest BCUT2D eigenvalue weighted by molar-refractivity contribution is 7.89. The molecule has 1 amide bonds. The van der Waals surface area contributed by atoms with E-state index in [0.29, 0.717) is 11.0 Å². The molecule has 2 N–H and O–H groups in total. The lowest BCUT2D eigenvalue weighted by Gasteiger charge is -2.22. The van der Waals surface area contributed by atoms with Gasteiger partial charge in [0.1, 0.15) is 7.14 Å². The Labute approximate surface area is 124 Å². The van der Waals surface area contributed by atoms with Gasteiger partial charge >= 0.3 is 0 Å². The van der Waals surface area contributed by atoms with Gasteiger partial charge in [-0.3, -0.25) is 4.79 Å². The summed E-state index contributed by atoms with van der Waals surface area (Å²) >= 11 is 0. The first-order chi connectivity index (χ1) is 9.58. The molecule has 0 aromatic heterocycles. The molecule has 2 rings (SSSR count). The molecule has 0 saturated carbocycles. The van der Waals surface area contributed by atoms with Crippen LogP contribution < -0.4 is 15.3 Å². The maximum absolute atomic E-state index is 12.4. The first-order valence-corrected chi connectivity index (χ1v) is 10.8. The topological polar surface area (TPSA) is 97.5 Å². The highest BCUT2D eigenvalue weighted by Gasteiger charge is 2.34. The monoisotopic (exact) mass is 330 g/mol. The van der Waals surface area contributed by atoms with E-state index in [0.717, 1.165) is 0 Å². The van der Waals surface area contributed by atoms with Crippen molar-refractivity contribution in [1.82, 2.24) is 0 Å². The number of primary sulfonamides is 1. The average Bonchev–Trinajstić information content (AvgIpc) is 2.66. The summed E-state index contributed by atoms with van der Waals surface area (Å²) < 4.78 is 34.7. The second kappa shape index (κ2) is 5.55. The molecule has 116 valence electrons. The van der Waals surface area contributed by atoms with Crippen molar-refractivity contribution in [2.24, 2.45) is 11.1 Å². The summed E-state index contributed by atoms with van der Waals surface area (Å²) in [6.45, 7) is 3.58. The second-order valence-corrected chi connectivity index (χ2v) is 10.6. The zero-order valence-corrected chi connectivity index (χ0v) is 13.7. The highest BCUT2D eigenvalue weighted by Crippen LogP contribution is 2.39. The third kappa shape index (κ3) is 3.93. The molecule has 0 aliphatic carbocycles. The number of sulfonamides is 1. The van der Waals surface area contributed by atoms with Gasteiger partial charge in [-0.15, -0.1) is 0 Å². The molecule has 1 unspecified atom stereocenters. The van der Waals surface area contributed by atoms with E-state index in [9.17, 15) is 17.8 Å². The Bertz CT molecular complexity index is 711. The molecule has 8 heteroatoms. The van der Waals surface area contributed by atoms with E-state index in [1.54, 1.807) is 37.6 Å². The lowest BCUT2D eigenvalue weighted by Crippen LogP contribution is -2.30. The van der Waals surface area contributed by atoms with E-state index in [-0.39, 0.29) is 30.5 Å². The van der Waals surface area contributed by atoms with E-state index in [1.807, 2.05) is 0 Å². The summed E-state index contributed by atoms with van der Waals surface area (Å²) in [4.78, 5) is 13.7. The molecular weight excluding hydrogens is 311 g/mol. The Kier molecular flexibility index (Phi) is 4.29. The number of carbonyl (C=O) groups excluding carboxylic acids is 1. The van der Waals surface area contributed by atoms with Crippen LogP contribution in [0, 0.1) is 5.92 Å². The van der Waals surface area contributed by atoms with Crippen LogP contribution in [-0.2, 0) is 19.4 Å². The van der Waals surface area contributed by atoms with Crippen molar-refractivity contribution in [3.8, 4) is 0 Å². The zero-order valence-electron chi connectivity index (χ0n) is 12.0. The minimum absolute atomic E-state index is 0.141. The van der Waals surface area contributed by atoms with Crippen molar-refractivity contribution >= 4 is 34.1 Å². The van der Waals surface area contributed by atoms with Crippen molar-refractivity contribution in [2.75, 3.05) is 30.5 Å². The quantitative estimate of drug-likeness (QED) is 0.816. The molecule has 1 fully saturated rings. The van der Waals surface area contributed by atoms with Gasteiger partial charge in [0.25, 0.3) is 0 Å². The lowest BCUT2D eigenvalue weighted by atomic mass is 10.1. The third-order valence-electron chi connectivity index (χ3n) is 3.43. The van der Waals surface area contributed by atoms with Crippen LogP contribution in [0.2, 0.25) is 0 Å². The molecule has 0 bridgehead atoms. The number of anilines is 1. The summed E-state index contributed by atoms with van der Waals surface area (Å²) in [6, 6.07) is 7.04. The van der Waals surface area contributed by atoms with Crippen LogP contribution in [0.4, 0.5) is 5.69 Å². The van der Waals surface area contributed by atoms with Crippen molar-refractivity contribution in [2.45, 2.75) is 6.42 Å². The number of carbonyl (C=O) groups is 1. The lowest BCUT2D eigenvalue weighted by molar-refractivity contribution is -0.117. The fraction of sp³-hybridized carbons (Fsp3) is 0.462. The van der Waals surface area contributed by atoms with Crippen LogP contribution in [0.3, 0.4) is 0 Å². The van der Waals surface area contributed by atoms with E-state index < -0.39 is 17.2 Å². The molecule has 1 aliphatic heterocycles. The van der Waals surface area contributed by atoms with E-state index in [1.165, 1.54) is 4.90 Å². The van der Waals surface area contributed by atoms with Crippen LogP contribution in [0.25, 0.3) is 0 Å². The molecule has 1 aliphatic rings. The number of rotatable bonds is 4. The van der Waals surface area contributed by atoms with Crippen LogP contribution in [0.15, 0.2) is 24.3 Å². The fourth-order valence-electron chi connectivity index (χ4n) is 2.60. The first-order valence-electron chi connectivity index (χ1n) is 6.53. The summed E-state index contributed by atoms with van der Waals surface area (Å²) in [5.74, 6) is -0.703. The van der Waals surface area contributed by atoms with Gasteiger partial charge in [-0.05, 0) is 25.5 Å². The van der Waals surface area contributed by atoms with Gasteiger partial charge in [0.2, 0.25) is 15.9 Å². The number of benzene rings is 1. The Hall–Kier alpha value is -1.17. The highest BCUT2D eigenvalue weighted by atomic mass is 32.2. The standard InChI is InChI=1S/C13H19N2O4PS/c1-20(2,17)12-6-4-3-5-11(12)15-8-10(7-13(15)16)9-21(14,18)19/h3-6,10H,7-9H2,1-2H3,(H2,14,18,19). The smallest absolute Gasteiger partial charge is 0.227 e. The molecule has 0 radical (unpaired) electrons. The van der Waals surface area contributed by atoms with Gasteiger partial charge in [0, 0.05) is 24.2 Å².